The average molecular weight is 306 g/mol. The fourth-order valence-electron chi connectivity index (χ4n) is 1.45. The summed E-state index contributed by atoms with van der Waals surface area (Å²) < 4.78 is 6.54. The van der Waals surface area contributed by atoms with E-state index in [0.717, 1.165) is 10.0 Å². The molecule has 1 aromatic carbocycles. The number of nitrogens with two attached hydrogens (primary N) is 1. The molecule has 0 aliphatic carbocycles. The minimum atomic E-state index is 0.0320. The van der Waals surface area contributed by atoms with Gasteiger partial charge in [0.15, 0.2) is 0 Å². The first-order chi connectivity index (χ1) is 8.65. The number of halogens is 1. The Morgan fingerprint density at radius 1 is 1.33 bits per heavy atom. The topological polar surface area (TPSA) is 72.0 Å². The molecule has 0 fully saturated rings. The van der Waals surface area contributed by atoms with Crippen molar-refractivity contribution >= 4 is 21.8 Å². The third-order valence-corrected chi connectivity index (χ3v) is 2.75. The van der Waals surface area contributed by atoms with Crippen molar-refractivity contribution in [2.45, 2.75) is 6.61 Å². The summed E-state index contributed by atoms with van der Waals surface area (Å²) in [6.45, 7) is 0.424. The van der Waals surface area contributed by atoms with Crippen LogP contribution in [0.5, 0.6) is 5.75 Å². The number of ether oxygens (including phenoxy) is 1. The van der Waals surface area contributed by atoms with Crippen molar-refractivity contribution in [2.75, 3.05) is 0 Å². The van der Waals surface area contributed by atoms with Crippen LogP contribution in [0.4, 0.5) is 0 Å². The molecule has 0 atom stereocenters. The van der Waals surface area contributed by atoms with Crippen LogP contribution in [0.15, 0.2) is 47.2 Å². The van der Waals surface area contributed by atoms with E-state index in [-0.39, 0.29) is 5.84 Å². The van der Waals surface area contributed by atoms with Gasteiger partial charge in [-0.25, -0.2) is 0 Å². The molecule has 0 saturated carbocycles. The second kappa shape index (κ2) is 5.64. The summed E-state index contributed by atoms with van der Waals surface area (Å²) in [6, 6.07) is 9.11. The highest BCUT2D eigenvalue weighted by Gasteiger charge is 2.00. The number of nitrogen functional groups attached to an aromatic ring is 1. The van der Waals surface area contributed by atoms with Gasteiger partial charge in [0.25, 0.3) is 0 Å². The lowest BCUT2D eigenvalue weighted by Gasteiger charge is -2.07. The van der Waals surface area contributed by atoms with Crippen LogP contribution < -0.4 is 10.5 Å². The van der Waals surface area contributed by atoms with Gasteiger partial charge in [0.2, 0.25) is 0 Å². The Labute approximate surface area is 113 Å². The van der Waals surface area contributed by atoms with Gasteiger partial charge >= 0.3 is 0 Å². The highest BCUT2D eigenvalue weighted by molar-refractivity contribution is 9.10. The summed E-state index contributed by atoms with van der Waals surface area (Å²) in [6.07, 6.45) is 3.47. The fourth-order valence-corrected chi connectivity index (χ4v) is 1.87. The van der Waals surface area contributed by atoms with E-state index >= 15 is 0 Å². The molecule has 0 radical (unpaired) electrons. The molecule has 4 nitrogen and oxygen atoms in total. The van der Waals surface area contributed by atoms with Gasteiger partial charge in [-0.3, -0.25) is 10.4 Å². The first-order valence-corrected chi connectivity index (χ1v) is 6.11. The third kappa shape index (κ3) is 3.30. The van der Waals surface area contributed by atoms with Crippen LogP contribution in [0.25, 0.3) is 0 Å². The Hall–Kier alpha value is -1.88. The predicted molar refractivity (Wildman–Crippen MR) is 73.7 cm³/mol. The molecule has 0 aliphatic rings. The molecular weight excluding hydrogens is 294 g/mol. The van der Waals surface area contributed by atoms with Crippen molar-refractivity contribution < 1.29 is 4.74 Å². The number of nitrogens with zero attached hydrogens (tertiary/aromatic N) is 1. The zero-order chi connectivity index (χ0) is 13.0. The quantitative estimate of drug-likeness (QED) is 0.674. The van der Waals surface area contributed by atoms with Gasteiger partial charge in [-0.15, -0.1) is 0 Å². The number of aromatic nitrogens is 1. The molecule has 92 valence electrons. The molecule has 3 N–H and O–H groups in total. The van der Waals surface area contributed by atoms with Crippen molar-refractivity contribution in [3.05, 3.63) is 58.3 Å². The Kier molecular flexibility index (Phi) is 3.94. The van der Waals surface area contributed by atoms with E-state index in [9.17, 15) is 0 Å². The van der Waals surface area contributed by atoms with Gasteiger partial charge in [-0.2, -0.15) is 0 Å². The molecule has 1 heterocycles. The molecule has 0 bridgehead atoms. The lowest BCUT2D eigenvalue weighted by molar-refractivity contribution is 0.305. The Morgan fingerprint density at radius 3 is 2.89 bits per heavy atom. The van der Waals surface area contributed by atoms with Gasteiger partial charge in [0.05, 0.1) is 0 Å². The van der Waals surface area contributed by atoms with E-state index < -0.39 is 0 Å². The Balaban J connectivity index is 2.06. The smallest absolute Gasteiger partial charge is 0.122 e. The van der Waals surface area contributed by atoms with Gasteiger partial charge in [0, 0.05) is 28.0 Å². The fraction of sp³-hybridized carbons (Fsp3) is 0.0769. The summed E-state index contributed by atoms with van der Waals surface area (Å²) in [5, 5.41) is 7.36. The van der Waals surface area contributed by atoms with E-state index in [4.69, 9.17) is 15.9 Å². The van der Waals surface area contributed by atoms with Gasteiger partial charge < -0.3 is 10.5 Å². The SMILES string of the molecule is N=C(N)c1cccc(OCc2cncc(Br)c2)c1. The van der Waals surface area contributed by atoms with Crippen molar-refractivity contribution in [3.63, 3.8) is 0 Å². The maximum absolute atomic E-state index is 7.36. The van der Waals surface area contributed by atoms with Crippen LogP contribution in [0, 0.1) is 5.41 Å². The number of hydrogen-bond donors (Lipinski definition) is 2. The lowest BCUT2D eigenvalue weighted by Crippen LogP contribution is -2.10. The molecule has 2 rings (SSSR count). The molecule has 0 spiro atoms. The van der Waals surface area contributed by atoms with Crippen LogP contribution in [0.2, 0.25) is 0 Å². The van der Waals surface area contributed by atoms with Crippen LogP contribution in [0.1, 0.15) is 11.1 Å². The Bertz CT molecular complexity index is 572. The van der Waals surface area contributed by atoms with E-state index in [1.54, 1.807) is 24.5 Å². The van der Waals surface area contributed by atoms with Gasteiger partial charge in [0.1, 0.15) is 18.2 Å². The van der Waals surface area contributed by atoms with E-state index in [1.165, 1.54) is 0 Å². The molecule has 0 unspecified atom stereocenters. The van der Waals surface area contributed by atoms with Crippen LogP contribution in [-0.2, 0) is 6.61 Å². The molecular formula is C13H12BrN3O. The highest BCUT2D eigenvalue weighted by Crippen LogP contribution is 2.16. The van der Waals surface area contributed by atoms with Crippen LogP contribution >= 0.6 is 15.9 Å². The zero-order valence-corrected chi connectivity index (χ0v) is 11.1. The standard InChI is InChI=1S/C13H12BrN3O/c14-11-4-9(6-17-7-11)8-18-12-3-1-2-10(5-12)13(15)16/h1-7H,8H2,(H3,15,16). The molecule has 1 aromatic heterocycles. The summed E-state index contributed by atoms with van der Waals surface area (Å²) >= 11 is 3.36. The van der Waals surface area contributed by atoms with E-state index in [0.29, 0.717) is 17.9 Å². The first kappa shape index (κ1) is 12.6. The van der Waals surface area contributed by atoms with Crippen molar-refractivity contribution in [1.29, 1.82) is 5.41 Å². The predicted octanol–water partition coefficient (Wildman–Crippen LogP) is 2.71. The summed E-state index contributed by atoms with van der Waals surface area (Å²) in [5.41, 5.74) is 7.04. The average Bonchev–Trinajstić information content (AvgIpc) is 2.37. The van der Waals surface area contributed by atoms with Crippen LogP contribution in [0.3, 0.4) is 0 Å². The van der Waals surface area contributed by atoms with E-state index in [2.05, 4.69) is 20.9 Å². The monoisotopic (exact) mass is 305 g/mol. The number of hydrogen-bond acceptors (Lipinski definition) is 3. The molecule has 18 heavy (non-hydrogen) atoms. The molecule has 0 aliphatic heterocycles. The molecule has 5 heteroatoms. The Morgan fingerprint density at radius 2 is 2.17 bits per heavy atom. The second-order valence-electron chi connectivity index (χ2n) is 3.74. The number of amidine groups is 1. The second-order valence-corrected chi connectivity index (χ2v) is 4.66. The maximum atomic E-state index is 7.36. The zero-order valence-electron chi connectivity index (χ0n) is 9.56. The minimum Gasteiger partial charge on any atom is -0.489 e. The van der Waals surface area contributed by atoms with Crippen molar-refractivity contribution in [1.82, 2.24) is 4.98 Å². The molecule has 0 saturated heterocycles. The highest BCUT2D eigenvalue weighted by atomic mass is 79.9. The summed E-state index contributed by atoms with van der Waals surface area (Å²) in [4.78, 5) is 4.06. The number of rotatable bonds is 4. The van der Waals surface area contributed by atoms with E-state index in [1.807, 2.05) is 18.2 Å². The number of pyridine rings is 1. The summed E-state index contributed by atoms with van der Waals surface area (Å²) in [7, 11) is 0. The minimum absolute atomic E-state index is 0.0320. The molecule has 2 aromatic rings. The lowest BCUT2D eigenvalue weighted by atomic mass is 10.2. The third-order valence-electron chi connectivity index (χ3n) is 2.31. The van der Waals surface area contributed by atoms with Crippen molar-refractivity contribution in [3.8, 4) is 5.75 Å². The maximum Gasteiger partial charge on any atom is 0.122 e. The number of benzene rings is 1. The van der Waals surface area contributed by atoms with Gasteiger partial charge in [-0.1, -0.05) is 12.1 Å². The normalized spacial score (nSPS) is 10.1. The largest absolute Gasteiger partial charge is 0.489 e. The van der Waals surface area contributed by atoms with Crippen LogP contribution in [-0.4, -0.2) is 10.8 Å². The first-order valence-electron chi connectivity index (χ1n) is 5.32. The summed E-state index contributed by atoms with van der Waals surface area (Å²) in [5.74, 6) is 0.715. The molecule has 0 amide bonds. The van der Waals surface area contributed by atoms with Gasteiger partial charge in [-0.05, 0) is 34.1 Å². The van der Waals surface area contributed by atoms with Crippen molar-refractivity contribution in [2.24, 2.45) is 5.73 Å². The number of nitrogens with one attached hydrogen (secondary N) is 1.